The topological polar surface area (TPSA) is 18.5 Å². The molecule has 3 aliphatic carbocycles. The lowest BCUT2D eigenvalue weighted by atomic mass is 9.60. The van der Waals surface area contributed by atoms with Crippen molar-refractivity contribution in [3.05, 3.63) is 47.6 Å². The van der Waals surface area contributed by atoms with Crippen molar-refractivity contribution in [3.8, 4) is 0 Å². The van der Waals surface area contributed by atoms with E-state index in [0.29, 0.717) is 5.41 Å². The standard InChI is InChI=1S/C30H48O2/c1-21(11-9-19-29(4,5)32-8)26-17-18-27-25(12-10-20-30(26,27)6)16-15-24-14-13-22(2)28(31-7)23(24)3/h15-16,21,26-28H,2-3,9-14,17-20H2,1,4-8H3/b24-15-,25-16+/t21-,26-,27+,28+,30-/m1/s1. The third kappa shape index (κ3) is 5.33. The summed E-state index contributed by atoms with van der Waals surface area (Å²) in [5, 5.41) is 0. The van der Waals surface area contributed by atoms with E-state index in [-0.39, 0.29) is 11.7 Å². The molecule has 0 aliphatic heterocycles. The quantitative estimate of drug-likeness (QED) is 0.354. The molecule has 3 aliphatic rings. The van der Waals surface area contributed by atoms with E-state index in [1.807, 2.05) is 7.11 Å². The monoisotopic (exact) mass is 440 g/mol. The molecule has 0 heterocycles. The second kappa shape index (κ2) is 10.4. The molecule has 3 rings (SSSR count). The van der Waals surface area contributed by atoms with Gasteiger partial charge in [-0.1, -0.05) is 57.6 Å². The van der Waals surface area contributed by atoms with Crippen LogP contribution in [0.4, 0.5) is 0 Å². The van der Waals surface area contributed by atoms with Crippen molar-refractivity contribution in [2.24, 2.45) is 23.2 Å². The molecule has 3 saturated carbocycles. The van der Waals surface area contributed by atoms with Crippen LogP contribution in [0.2, 0.25) is 0 Å². The first-order valence-electron chi connectivity index (χ1n) is 13.0. The van der Waals surface area contributed by atoms with Gasteiger partial charge in [0, 0.05) is 14.2 Å². The number of ether oxygens (including phenoxy) is 2. The van der Waals surface area contributed by atoms with Crippen molar-refractivity contribution in [1.82, 2.24) is 0 Å². The maximum atomic E-state index is 5.66. The largest absolute Gasteiger partial charge is 0.379 e. The van der Waals surface area contributed by atoms with E-state index in [1.54, 1.807) is 12.7 Å². The molecule has 0 aromatic heterocycles. The van der Waals surface area contributed by atoms with Crippen LogP contribution in [-0.4, -0.2) is 25.9 Å². The Morgan fingerprint density at radius 3 is 2.56 bits per heavy atom. The van der Waals surface area contributed by atoms with Crippen LogP contribution in [0.25, 0.3) is 0 Å². The minimum atomic E-state index is -0.00943. The Kier molecular flexibility index (Phi) is 8.31. The molecular formula is C30H48O2. The second-order valence-corrected chi connectivity index (χ2v) is 11.7. The van der Waals surface area contributed by atoms with Crippen LogP contribution in [0.15, 0.2) is 47.6 Å². The van der Waals surface area contributed by atoms with Gasteiger partial charge in [-0.3, -0.25) is 0 Å². The minimum Gasteiger partial charge on any atom is -0.379 e. The zero-order valence-corrected chi connectivity index (χ0v) is 21.8. The Bertz CT molecular complexity index is 755. The third-order valence-corrected chi connectivity index (χ3v) is 9.27. The lowest BCUT2D eigenvalue weighted by Crippen LogP contribution is -2.36. The van der Waals surface area contributed by atoms with Crippen LogP contribution in [0, 0.1) is 23.2 Å². The highest BCUT2D eigenvalue weighted by molar-refractivity contribution is 5.43. The van der Waals surface area contributed by atoms with Crippen LogP contribution in [0.5, 0.6) is 0 Å². The van der Waals surface area contributed by atoms with Crippen LogP contribution in [0.3, 0.4) is 0 Å². The first kappa shape index (κ1) is 25.5. The van der Waals surface area contributed by atoms with Crippen molar-refractivity contribution in [1.29, 1.82) is 0 Å². The van der Waals surface area contributed by atoms with Crippen molar-refractivity contribution in [3.63, 3.8) is 0 Å². The van der Waals surface area contributed by atoms with Crippen molar-refractivity contribution in [2.45, 2.75) is 104 Å². The number of rotatable bonds is 8. The number of hydrogen-bond acceptors (Lipinski definition) is 2. The Morgan fingerprint density at radius 1 is 1.12 bits per heavy atom. The van der Waals surface area contributed by atoms with E-state index in [2.05, 4.69) is 53.0 Å². The van der Waals surface area contributed by atoms with Crippen molar-refractivity contribution >= 4 is 0 Å². The maximum Gasteiger partial charge on any atom is 0.103 e. The average molecular weight is 441 g/mol. The van der Waals surface area contributed by atoms with Crippen LogP contribution < -0.4 is 0 Å². The van der Waals surface area contributed by atoms with Gasteiger partial charge in [0.2, 0.25) is 0 Å². The fourth-order valence-electron chi connectivity index (χ4n) is 7.08. The second-order valence-electron chi connectivity index (χ2n) is 11.7. The van der Waals surface area contributed by atoms with Gasteiger partial charge in [-0.25, -0.2) is 0 Å². The molecule has 0 spiro atoms. The van der Waals surface area contributed by atoms with Gasteiger partial charge in [-0.05, 0) is 105 Å². The van der Waals surface area contributed by atoms with Gasteiger partial charge < -0.3 is 9.47 Å². The van der Waals surface area contributed by atoms with E-state index in [4.69, 9.17) is 9.47 Å². The zero-order valence-electron chi connectivity index (χ0n) is 21.8. The SMILES string of the molecule is C=C1CC/C(=C/C=C2\CCC[C@]3(C)[C@@H]([C@H](C)CCCC(C)(C)OC)CC[C@@H]23)C(=C)[C@H]1OC. The van der Waals surface area contributed by atoms with Gasteiger partial charge in [0.25, 0.3) is 0 Å². The highest BCUT2D eigenvalue weighted by Gasteiger charge is 2.50. The van der Waals surface area contributed by atoms with Gasteiger partial charge in [0.1, 0.15) is 6.10 Å². The van der Waals surface area contributed by atoms with Gasteiger partial charge in [0.05, 0.1) is 5.60 Å². The normalized spacial score (nSPS) is 34.9. The summed E-state index contributed by atoms with van der Waals surface area (Å²) >= 11 is 0. The molecule has 0 amide bonds. The fourth-order valence-corrected chi connectivity index (χ4v) is 7.08. The lowest BCUT2D eigenvalue weighted by molar-refractivity contribution is 0.0108. The average Bonchev–Trinajstić information content (AvgIpc) is 3.11. The molecule has 5 atom stereocenters. The summed E-state index contributed by atoms with van der Waals surface area (Å²) in [7, 11) is 3.61. The molecule has 0 bridgehead atoms. The Morgan fingerprint density at radius 2 is 1.88 bits per heavy atom. The predicted octanol–water partition coefficient (Wildman–Crippen LogP) is 8.21. The first-order chi connectivity index (χ1) is 15.1. The highest BCUT2D eigenvalue weighted by atomic mass is 16.5. The summed E-state index contributed by atoms with van der Waals surface area (Å²) in [5.74, 6) is 2.39. The summed E-state index contributed by atoms with van der Waals surface area (Å²) in [6.07, 6.45) is 17.4. The molecule has 180 valence electrons. The van der Waals surface area contributed by atoms with E-state index in [0.717, 1.165) is 48.2 Å². The van der Waals surface area contributed by atoms with Gasteiger partial charge in [0.15, 0.2) is 0 Å². The summed E-state index contributed by atoms with van der Waals surface area (Å²) in [6, 6.07) is 0. The molecule has 0 radical (unpaired) electrons. The Labute approximate surface area is 198 Å². The summed E-state index contributed by atoms with van der Waals surface area (Å²) in [5.41, 5.74) is 5.78. The summed E-state index contributed by atoms with van der Waals surface area (Å²) in [4.78, 5) is 0. The maximum absolute atomic E-state index is 5.66. The van der Waals surface area contributed by atoms with E-state index in [9.17, 15) is 0 Å². The van der Waals surface area contributed by atoms with Gasteiger partial charge in [-0.15, -0.1) is 0 Å². The van der Waals surface area contributed by atoms with E-state index >= 15 is 0 Å². The van der Waals surface area contributed by atoms with Crippen molar-refractivity contribution < 1.29 is 9.47 Å². The molecule has 0 aromatic carbocycles. The third-order valence-electron chi connectivity index (χ3n) is 9.27. The first-order valence-corrected chi connectivity index (χ1v) is 13.0. The minimum absolute atomic E-state index is 0.00733. The number of fused-ring (bicyclic) bond motifs is 1. The molecular weight excluding hydrogens is 392 g/mol. The highest BCUT2D eigenvalue weighted by Crippen LogP contribution is 2.60. The molecule has 0 aromatic rings. The predicted molar refractivity (Wildman–Crippen MR) is 137 cm³/mol. The lowest BCUT2D eigenvalue weighted by Gasteiger charge is -2.44. The zero-order chi connectivity index (χ0) is 23.5. The van der Waals surface area contributed by atoms with Crippen LogP contribution in [0.1, 0.15) is 91.9 Å². The van der Waals surface area contributed by atoms with Crippen LogP contribution in [-0.2, 0) is 9.47 Å². The fraction of sp³-hybridized carbons (Fsp3) is 0.733. The van der Waals surface area contributed by atoms with Gasteiger partial charge in [-0.2, -0.15) is 0 Å². The Hall–Kier alpha value is -1.12. The number of hydrogen-bond donors (Lipinski definition) is 0. The molecule has 3 fully saturated rings. The Balaban J connectivity index is 1.69. The summed E-state index contributed by atoms with van der Waals surface area (Å²) in [6.45, 7) is 18.1. The molecule has 2 heteroatoms. The summed E-state index contributed by atoms with van der Waals surface area (Å²) < 4.78 is 11.3. The molecule has 0 N–H and O–H groups in total. The van der Waals surface area contributed by atoms with Gasteiger partial charge >= 0.3 is 0 Å². The molecule has 0 saturated heterocycles. The molecule has 2 nitrogen and oxygen atoms in total. The molecule has 0 unspecified atom stereocenters. The number of methoxy groups -OCH3 is 2. The van der Waals surface area contributed by atoms with Crippen molar-refractivity contribution in [2.75, 3.05) is 14.2 Å². The van der Waals surface area contributed by atoms with E-state index < -0.39 is 0 Å². The van der Waals surface area contributed by atoms with Crippen LogP contribution >= 0.6 is 0 Å². The smallest absolute Gasteiger partial charge is 0.103 e. The number of allylic oxidation sites excluding steroid dienone is 3. The van der Waals surface area contributed by atoms with E-state index in [1.165, 1.54) is 50.5 Å². The molecule has 32 heavy (non-hydrogen) atoms.